The minimum absolute atomic E-state index is 0.0242. The number of aliphatic imine (C=N–C) groups is 1. The summed E-state index contributed by atoms with van der Waals surface area (Å²) in [4.78, 5) is 64.8. The third-order valence-electron chi connectivity index (χ3n) is 8.57. The molecule has 32 heteroatoms. The molecule has 2 fully saturated rings. The molecule has 3 aliphatic rings. The Morgan fingerprint density at radius 2 is 1.46 bits per heavy atom. The molecular weight excluding hydrogens is 837 g/mol. The number of aromatic nitrogens is 6. The molecular formula is C25H39N10O19P3+2. The zero-order valence-corrected chi connectivity index (χ0v) is 31.9. The SMILES string of the molecule is C=C1NC(N)=Nc2c1[nH]c[n+]2[C@@H]1OC(COP(=O)(O)OCC(COP(=O)(O)OC[C@H]2OC([n+]3cn(C)c4c(=O)[nH]c(N)nc43)[C@H](O)[C@@H]2O)OP(=O)(O)O)[C@@H](O)[C@H]1O. The van der Waals surface area contributed by atoms with Crippen molar-refractivity contribution in [1.29, 1.82) is 0 Å². The Kier molecular flexibility index (Phi) is 12.3. The number of nitrogen functional groups attached to an aromatic ring is 1. The van der Waals surface area contributed by atoms with Crippen LogP contribution in [0.5, 0.6) is 0 Å². The summed E-state index contributed by atoms with van der Waals surface area (Å²) in [6.07, 6.45) is -11.7. The molecule has 2 saturated heterocycles. The van der Waals surface area contributed by atoms with Crippen LogP contribution in [0.4, 0.5) is 11.8 Å². The van der Waals surface area contributed by atoms with Gasteiger partial charge in [0.25, 0.3) is 17.5 Å². The van der Waals surface area contributed by atoms with E-state index in [4.69, 9.17) is 39.0 Å². The summed E-state index contributed by atoms with van der Waals surface area (Å²) >= 11 is 0. The van der Waals surface area contributed by atoms with Gasteiger partial charge >= 0.3 is 34.9 Å². The topological polar surface area (TPSA) is 428 Å². The molecule has 6 rings (SSSR count). The van der Waals surface area contributed by atoms with Gasteiger partial charge in [0.15, 0.2) is 18.3 Å². The molecule has 3 aromatic rings. The summed E-state index contributed by atoms with van der Waals surface area (Å²) in [5.41, 5.74) is 11.5. The average Bonchev–Trinajstić information content (AvgIpc) is 3.83. The first-order chi connectivity index (χ1) is 26.5. The fourth-order valence-electron chi connectivity index (χ4n) is 5.99. The number of phosphoric ester groups is 3. The smallest absolute Gasteiger partial charge is 0.387 e. The normalized spacial score (nSPS) is 29.1. The van der Waals surface area contributed by atoms with Crippen LogP contribution in [0.25, 0.3) is 16.9 Å². The fraction of sp³-hybridized carbons (Fsp3) is 0.560. The van der Waals surface area contributed by atoms with Crippen molar-refractivity contribution in [3.63, 3.8) is 0 Å². The summed E-state index contributed by atoms with van der Waals surface area (Å²) in [5.74, 6) is -0.103. The van der Waals surface area contributed by atoms with E-state index < -0.39 is 111 Å². The number of rotatable bonds is 16. The van der Waals surface area contributed by atoms with Crippen LogP contribution in [-0.4, -0.2) is 135 Å². The maximum atomic E-state index is 12.7. The molecule has 3 aliphatic heterocycles. The molecule has 0 bridgehead atoms. The maximum absolute atomic E-state index is 12.7. The van der Waals surface area contributed by atoms with E-state index in [9.17, 15) is 58.5 Å². The van der Waals surface area contributed by atoms with Crippen LogP contribution in [-0.2, 0) is 52.8 Å². The lowest BCUT2D eigenvalue weighted by Gasteiger charge is -2.22. The molecule has 0 aromatic carbocycles. The summed E-state index contributed by atoms with van der Waals surface area (Å²) < 4.78 is 75.7. The standard InChI is InChI=1S/C25H37N10O19P3/c1-9-13-19(30-24(26)29-9)34(7-28-13)22-17(38)15(36)11(52-22)5-50-56(44,45)48-3-10(54-55(41,42)43)4-49-57(46,47)51-6-12-16(37)18(39)23(53-12)35-8-33(2)14-20(35)31-25(27)32-21(14)40/h7-8,10-12,15-18,22-23,36-39H,1,3-6H2,2H3,(H9-,26,27,29,30,31,32,40,41,42,43,44,45,46,47)/p+2/t10?,11?,12-,15-,16-,17-,18-,22-,23?/m1/s1. The summed E-state index contributed by atoms with van der Waals surface area (Å²) in [6.45, 7) is -0.413. The Morgan fingerprint density at radius 3 is 2.00 bits per heavy atom. The highest BCUT2D eigenvalue weighted by atomic mass is 31.2. The minimum atomic E-state index is -5.40. The van der Waals surface area contributed by atoms with Crippen LogP contribution < -0.4 is 31.5 Å². The van der Waals surface area contributed by atoms with E-state index in [1.165, 1.54) is 33.4 Å². The van der Waals surface area contributed by atoms with Crippen LogP contribution in [0.3, 0.4) is 0 Å². The molecule has 0 amide bonds. The summed E-state index contributed by atoms with van der Waals surface area (Å²) in [7, 11) is -14.3. The summed E-state index contributed by atoms with van der Waals surface area (Å²) in [5, 5.41) is 45.2. The van der Waals surface area contributed by atoms with Gasteiger partial charge in [-0.2, -0.15) is 0 Å². The number of fused-ring (bicyclic) bond motifs is 2. The van der Waals surface area contributed by atoms with E-state index in [1.54, 1.807) is 0 Å². The molecule has 29 nitrogen and oxygen atoms in total. The first kappa shape index (κ1) is 43.0. The van der Waals surface area contributed by atoms with Crippen LogP contribution in [0, 0.1) is 0 Å². The van der Waals surface area contributed by atoms with Crippen molar-refractivity contribution >= 4 is 58.1 Å². The Hall–Kier alpha value is -3.54. The Morgan fingerprint density at radius 1 is 0.912 bits per heavy atom. The zero-order valence-electron chi connectivity index (χ0n) is 29.2. The van der Waals surface area contributed by atoms with Crippen molar-refractivity contribution in [2.75, 3.05) is 32.2 Å². The van der Waals surface area contributed by atoms with Crippen LogP contribution >= 0.6 is 23.5 Å². The number of nitrogens with two attached hydrogens (primary N) is 2. The molecule has 316 valence electrons. The largest absolute Gasteiger partial charge is 0.472 e. The van der Waals surface area contributed by atoms with Gasteiger partial charge in [0.2, 0.25) is 18.0 Å². The van der Waals surface area contributed by atoms with Crippen molar-refractivity contribution in [1.82, 2.24) is 24.8 Å². The molecule has 0 saturated carbocycles. The quantitative estimate of drug-likeness (QED) is 0.0473. The van der Waals surface area contributed by atoms with E-state index in [0.29, 0.717) is 11.4 Å². The van der Waals surface area contributed by atoms with Gasteiger partial charge in [-0.15, -0.1) is 0 Å². The van der Waals surface area contributed by atoms with E-state index in [1.807, 2.05) is 0 Å². The van der Waals surface area contributed by atoms with Crippen molar-refractivity contribution in [3.8, 4) is 0 Å². The van der Waals surface area contributed by atoms with Crippen LogP contribution in [0.1, 0.15) is 18.1 Å². The third kappa shape index (κ3) is 9.52. The van der Waals surface area contributed by atoms with Gasteiger partial charge in [-0.3, -0.25) is 41.9 Å². The molecule has 0 aliphatic carbocycles. The molecule has 0 radical (unpaired) electrons. The number of aliphatic hydroxyl groups excluding tert-OH is 4. The number of imidazole rings is 2. The van der Waals surface area contributed by atoms with Gasteiger partial charge in [-0.1, -0.05) is 16.6 Å². The monoisotopic (exact) mass is 876 g/mol. The maximum Gasteiger partial charge on any atom is 0.472 e. The lowest BCUT2D eigenvalue weighted by atomic mass is 10.1. The number of aromatic amines is 2. The van der Waals surface area contributed by atoms with Crippen molar-refractivity contribution in [2.45, 2.75) is 55.2 Å². The van der Waals surface area contributed by atoms with Gasteiger partial charge < -0.3 is 66.3 Å². The molecule has 6 heterocycles. The molecule has 0 spiro atoms. The average molecular weight is 877 g/mol. The van der Waals surface area contributed by atoms with Crippen molar-refractivity contribution in [2.24, 2.45) is 17.8 Å². The lowest BCUT2D eigenvalue weighted by Crippen LogP contribution is -2.46. The van der Waals surface area contributed by atoms with Gasteiger partial charge in [0.05, 0.1) is 39.2 Å². The van der Waals surface area contributed by atoms with E-state index >= 15 is 0 Å². The Bertz CT molecular complexity index is 2240. The molecule has 15 N–H and O–H groups in total. The highest BCUT2D eigenvalue weighted by Crippen LogP contribution is 2.48. The summed E-state index contributed by atoms with van der Waals surface area (Å²) in [6, 6.07) is 0. The number of nitrogens with zero attached hydrogens (tertiary/aromatic N) is 5. The number of aliphatic hydroxyl groups is 4. The number of ether oxygens (including phenoxy) is 2. The number of aryl methyl sites for hydroxylation is 1. The van der Waals surface area contributed by atoms with Crippen molar-refractivity contribution < 1.29 is 94.9 Å². The fourth-order valence-corrected chi connectivity index (χ4v) is 8.03. The number of nitrogens with one attached hydrogen (secondary N) is 3. The number of H-pyrrole nitrogens is 2. The number of hydrogen-bond donors (Lipinski definition) is 13. The highest BCUT2D eigenvalue weighted by Gasteiger charge is 2.50. The predicted molar refractivity (Wildman–Crippen MR) is 183 cm³/mol. The van der Waals surface area contributed by atoms with Crippen molar-refractivity contribution in [3.05, 3.63) is 35.3 Å². The second-order valence-electron chi connectivity index (χ2n) is 12.7. The van der Waals surface area contributed by atoms with Gasteiger partial charge in [-0.25, -0.2) is 22.8 Å². The van der Waals surface area contributed by atoms with E-state index in [0.717, 1.165) is 0 Å². The van der Waals surface area contributed by atoms with Gasteiger partial charge in [-0.05, 0) is 0 Å². The first-order valence-corrected chi connectivity index (χ1v) is 20.8. The van der Waals surface area contributed by atoms with Crippen LogP contribution in [0.2, 0.25) is 0 Å². The molecule has 11 atom stereocenters. The van der Waals surface area contributed by atoms with E-state index in [-0.39, 0.29) is 28.9 Å². The second-order valence-corrected chi connectivity index (χ2v) is 16.8. The molecule has 5 unspecified atom stereocenters. The van der Waals surface area contributed by atoms with Gasteiger partial charge in [0, 0.05) is 0 Å². The zero-order chi connectivity index (χ0) is 41.8. The predicted octanol–water partition coefficient (Wildman–Crippen LogP) is -5.05. The Balaban J connectivity index is 1.02. The van der Waals surface area contributed by atoms with E-state index in [2.05, 4.69) is 36.4 Å². The Labute approximate surface area is 318 Å². The molecule has 3 aromatic heterocycles. The third-order valence-corrected chi connectivity index (χ3v) is 11.0. The lowest BCUT2D eigenvalue weighted by molar-refractivity contribution is -0.753. The highest BCUT2D eigenvalue weighted by molar-refractivity contribution is 7.47. The van der Waals surface area contributed by atoms with Gasteiger partial charge in [0.1, 0.15) is 42.7 Å². The minimum Gasteiger partial charge on any atom is -0.387 e. The van der Waals surface area contributed by atoms with Crippen LogP contribution in [0.15, 0.2) is 29.0 Å². The number of phosphoric acid groups is 3. The number of guanidine groups is 1. The number of hydrogen-bond acceptors (Lipinski definition) is 20. The number of anilines is 1. The molecule has 57 heavy (non-hydrogen) atoms. The second kappa shape index (κ2) is 16.3. The first-order valence-electron chi connectivity index (χ1n) is 16.2.